The second kappa shape index (κ2) is 10.8. The Labute approximate surface area is 219 Å². The Hall–Kier alpha value is -3.22. The number of benzodiazepines with no additional fused rings is 1. The quantitative estimate of drug-likeness (QED) is 0.390. The SMILES string of the molecule is CC[C@@H](C)[C@H]1N=C(c2ccccc2Cl)c2cc(Cl)ccc2N(CC(=O)Nc2ccc(C)c(F)c2)C1=O. The van der Waals surface area contributed by atoms with Crippen LogP contribution in [0.5, 0.6) is 0 Å². The molecule has 0 saturated heterocycles. The van der Waals surface area contributed by atoms with E-state index in [1.54, 1.807) is 43.3 Å². The van der Waals surface area contributed by atoms with Crippen LogP contribution in [0.3, 0.4) is 0 Å². The summed E-state index contributed by atoms with van der Waals surface area (Å²) in [6.45, 7) is 5.30. The lowest BCUT2D eigenvalue weighted by Crippen LogP contribution is -2.44. The van der Waals surface area contributed by atoms with Crippen LogP contribution in [-0.4, -0.2) is 30.1 Å². The van der Waals surface area contributed by atoms with Crippen molar-refractivity contribution in [2.75, 3.05) is 16.8 Å². The summed E-state index contributed by atoms with van der Waals surface area (Å²) < 4.78 is 14.0. The van der Waals surface area contributed by atoms with E-state index in [0.29, 0.717) is 50.2 Å². The van der Waals surface area contributed by atoms with Crippen LogP contribution >= 0.6 is 23.2 Å². The lowest BCUT2D eigenvalue weighted by Gasteiger charge is -2.26. The third-order valence-corrected chi connectivity index (χ3v) is 6.93. The number of nitrogens with one attached hydrogen (secondary N) is 1. The molecule has 0 bridgehead atoms. The van der Waals surface area contributed by atoms with Gasteiger partial charge in [0.15, 0.2) is 0 Å². The van der Waals surface area contributed by atoms with Gasteiger partial charge in [-0.25, -0.2) is 4.39 Å². The Bertz CT molecular complexity index is 1360. The van der Waals surface area contributed by atoms with Gasteiger partial charge < -0.3 is 10.2 Å². The van der Waals surface area contributed by atoms with Gasteiger partial charge in [0.25, 0.3) is 5.91 Å². The van der Waals surface area contributed by atoms with Crippen molar-refractivity contribution in [2.24, 2.45) is 10.9 Å². The summed E-state index contributed by atoms with van der Waals surface area (Å²) in [5, 5.41) is 3.64. The van der Waals surface area contributed by atoms with Gasteiger partial charge in [-0.3, -0.25) is 14.6 Å². The molecule has 36 heavy (non-hydrogen) atoms. The summed E-state index contributed by atoms with van der Waals surface area (Å²) in [5.74, 6) is -1.29. The van der Waals surface area contributed by atoms with E-state index < -0.39 is 17.8 Å². The number of rotatable bonds is 6. The molecule has 5 nitrogen and oxygen atoms in total. The van der Waals surface area contributed by atoms with E-state index in [2.05, 4.69) is 5.32 Å². The molecule has 2 amide bonds. The van der Waals surface area contributed by atoms with Gasteiger partial charge in [0.1, 0.15) is 18.4 Å². The molecule has 4 rings (SSSR count). The number of aliphatic imine (C=N–C) groups is 1. The molecule has 0 saturated carbocycles. The van der Waals surface area contributed by atoms with Crippen LogP contribution in [0, 0.1) is 18.7 Å². The zero-order chi connectivity index (χ0) is 26.0. The van der Waals surface area contributed by atoms with Crippen LogP contribution in [0.2, 0.25) is 10.0 Å². The number of hydrogen-bond acceptors (Lipinski definition) is 3. The molecule has 3 aromatic carbocycles. The highest BCUT2D eigenvalue weighted by atomic mass is 35.5. The fourth-order valence-corrected chi connectivity index (χ4v) is 4.51. The monoisotopic (exact) mass is 525 g/mol. The standard InChI is InChI=1S/C28H26Cl2FN3O2/c1-4-16(2)26-28(36)34(15-25(35)32-19-11-9-17(3)23(31)14-19)24-12-10-18(29)13-21(24)27(33-26)20-7-5-6-8-22(20)30/h5-14,16,26H,4,15H2,1-3H3,(H,32,35)/t16-,26-/m1/s1. The maximum Gasteiger partial charge on any atom is 0.252 e. The number of amides is 2. The number of anilines is 2. The molecule has 0 aromatic heterocycles. The van der Waals surface area contributed by atoms with Gasteiger partial charge in [-0.05, 0) is 54.8 Å². The van der Waals surface area contributed by atoms with Gasteiger partial charge in [-0.15, -0.1) is 0 Å². The molecule has 0 aliphatic carbocycles. The zero-order valence-electron chi connectivity index (χ0n) is 20.2. The van der Waals surface area contributed by atoms with Crippen molar-refractivity contribution in [1.82, 2.24) is 0 Å². The Morgan fingerprint density at radius 2 is 1.86 bits per heavy atom. The molecule has 2 atom stereocenters. The molecule has 1 aliphatic heterocycles. The number of halogens is 3. The molecule has 0 spiro atoms. The van der Waals surface area contributed by atoms with Gasteiger partial charge in [0, 0.05) is 26.9 Å². The zero-order valence-corrected chi connectivity index (χ0v) is 21.7. The molecule has 186 valence electrons. The fourth-order valence-electron chi connectivity index (χ4n) is 4.12. The molecular formula is C28H26Cl2FN3O2. The van der Waals surface area contributed by atoms with Crippen molar-refractivity contribution in [2.45, 2.75) is 33.2 Å². The van der Waals surface area contributed by atoms with E-state index in [1.807, 2.05) is 32.0 Å². The third-order valence-electron chi connectivity index (χ3n) is 6.36. The second-order valence-electron chi connectivity index (χ2n) is 8.89. The van der Waals surface area contributed by atoms with Gasteiger partial charge in [-0.1, -0.05) is 67.7 Å². The van der Waals surface area contributed by atoms with Crippen LogP contribution in [0.25, 0.3) is 0 Å². The molecule has 0 fully saturated rings. The Morgan fingerprint density at radius 1 is 1.11 bits per heavy atom. The number of aryl methyl sites for hydroxylation is 1. The Kier molecular flexibility index (Phi) is 7.76. The predicted molar refractivity (Wildman–Crippen MR) is 144 cm³/mol. The van der Waals surface area contributed by atoms with Crippen LogP contribution in [0.4, 0.5) is 15.8 Å². The van der Waals surface area contributed by atoms with Gasteiger partial charge >= 0.3 is 0 Å². The number of benzene rings is 3. The van der Waals surface area contributed by atoms with Crippen LogP contribution in [-0.2, 0) is 9.59 Å². The normalized spacial score (nSPS) is 16.2. The topological polar surface area (TPSA) is 61.8 Å². The molecule has 1 heterocycles. The molecule has 3 aromatic rings. The summed E-state index contributed by atoms with van der Waals surface area (Å²) in [7, 11) is 0. The van der Waals surface area contributed by atoms with Gasteiger partial charge in [0.2, 0.25) is 5.91 Å². The minimum Gasteiger partial charge on any atom is -0.324 e. The molecule has 8 heteroatoms. The molecule has 0 radical (unpaired) electrons. The smallest absolute Gasteiger partial charge is 0.252 e. The predicted octanol–water partition coefficient (Wildman–Crippen LogP) is 6.68. The highest BCUT2D eigenvalue weighted by Crippen LogP contribution is 2.34. The highest BCUT2D eigenvalue weighted by Gasteiger charge is 2.36. The molecule has 1 aliphatic rings. The van der Waals surface area contributed by atoms with Crippen molar-refractivity contribution in [3.63, 3.8) is 0 Å². The largest absolute Gasteiger partial charge is 0.324 e. The van der Waals surface area contributed by atoms with E-state index in [0.717, 1.165) is 0 Å². The van der Waals surface area contributed by atoms with E-state index in [1.165, 1.54) is 11.0 Å². The fraction of sp³-hybridized carbons (Fsp3) is 0.250. The Morgan fingerprint density at radius 3 is 2.56 bits per heavy atom. The molecule has 1 N–H and O–H groups in total. The first-order valence-electron chi connectivity index (χ1n) is 11.7. The second-order valence-corrected chi connectivity index (χ2v) is 9.73. The lowest BCUT2D eigenvalue weighted by atomic mass is 9.97. The molecular weight excluding hydrogens is 500 g/mol. The number of nitrogens with zero attached hydrogens (tertiary/aromatic N) is 2. The van der Waals surface area contributed by atoms with E-state index in [9.17, 15) is 14.0 Å². The minimum absolute atomic E-state index is 0.100. The summed E-state index contributed by atoms with van der Waals surface area (Å²) in [6.07, 6.45) is 0.704. The van der Waals surface area contributed by atoms with Crippen LogP contribution < -0.4 is 10.2 Å². The van der Waals surface area contributed by atoms with E-state index >= 15 is 0 Å². The van der Waals surface area contributed by atoms with Gasteiger partial charge in [-0.2, -0.15) is 0 Å². The summed E-state index contributed by atoms with van der Waals surface area (Å²) in [5.41, 5.74) is 3.10. The summed E-state index contributed by atoms with van der Waals surface area (Å²) in [4.78, 5) is 33.2. The first-order chi connectivity index (χ1) is 17.2. The average Bonchev–Trinajstić information content (AvgIpc) is 2.96. The van der Waals surface area contributed by atoms with E-state index in [-0.39, 0.29) is 18.4 Å². The highest BCUT2D eigenvalue weighted by molar-refractivity contribution is 6.37. The van der Waals surface area contributed by atoms with Crippen LogP contribution in [0.1, 0.15) is 37.0 Å². The summed E-state index contributed by atoms with van der Waals surface area (Å²) >= 11 is 12.9. The molecule has 0 unspecified atom stereocenters. The first-order valence-corrected chi connectivity index (χ1v) is 12.4. The number of hydrogen-bond donors (Lipinski definition) is 1. The van der Waals surface area contributed by atoms with Crippen molar-refractivity contribution < 1.29 is 14.0 Å². The maximum absolute atomic E-state index is 14.0. The maximum atomic E-state index is 14.0. The van der Waals surface area contributed by atoms with Gasteiger partial charge in [0.05, 0.1) is 11.4 Å². The van der Waals surface area contributed by atoms with Crippen molar-refractivity contribution in [3.05, 3.63) is 93.2 Å². The average molecular weight is 526 g/mol. The van der Waals surface area contributed by atoms with Crippen molar-refractivity contribution >= 4 is 52.1 Å². The van der Waals surface area contributed by atoms with Crippen molar-refractivity contribution in [1.29, 1.82) is 0 Å². The number of fused-ring (bicyclic) bond motifs is 1. The third kappa shape index (κ3) is 5.30. The number of carbonyl (C=O) groups is 2. The lowest BCUT2D eigenvalue weighted by molar-refractivity contribution is -0.123. The van der Waals surface area contributed by atoms with Crippen LogP contribution in [0.15, 0.2) is 65.7 Å². The minimum atomic E-state index is -0.739. The summed E-state index contributed by atoms with van der Waals surface area (Å²) in [6, 6.07) is 16.1. The first kappa shape index (κ1) is 25.9. The Balaban J connectivity index is 1.79. The van der Waals surface area contributed by atoms with Crippen molar-refractivity contribution in [3.8, 4) is 0 Å². The number of carbonyl (C=O) groups excluding carboxylic acids is 2. The van der Waals surface area contributed by atoms with E-state index in [4.69, 9.17) is 28.2 Å².